The molecule has 1 atom stereocenters. The van der Waals surface area contributed by atoms with E-state index in [9.17, 15) is 5.11 Å². The highest BCUT2D eigenvalue weighted by atomic mass is 35.5. The van der Waals surface area contributed by atoms with Crippen molar-refractivity contribution in [2.24, 2.45) is 0 Å². The summed E-state index contributed by atoms with van der Waals surface area (Å²) in [5, 5.41) is 18.3. The van der Waals surface area contributed by atoms with E-state index in [0.29, 0.717) is 29.5 Å². The highest BCUT2D eigenvalue weighted by Gasteiger charge is 2.24. The van der Waals surface area contributed by atoms with Crippen molar-refractivity contribution in [1.29, 1.82) is 5.41 Å². The van der Waals surface area contributed by atoms with Gasteiger partial charge in [-0.25, -0.2) is 0 Å². The summed E-state index contributed by atoms with van der Waals surface area (Å²) < 4.78 is 10.6. The Labute approximate surface area is 111 Å². The fourth-order valence-electron chi connectivity index (χ4n) is 2.05. The molecule has 0 saturated heterocycles. The van der Waals surface area contributed by atoms with Gasteiger partial charge in [-0.15, -0.1) is 0 Å². The maximum absolute atomic E-state index is 10.1. The van der Waals surface area contributed by atoms with Crippen LogP contribution in [0.3, 0.4) is 0 Å². The number of fused-ring (bicyclic) bond motifs is 1. The van der Waals surface area contributed by atoms with Crippen LogP contribution < -0.4 is 4.74 Å². The van der Waals surface area contributed by atoms with Crippen LogP contribution in [0.1, 0.15) is 30.6 Å². The summed E-state index contributed by atoms with van der Waals surface area (Å²) in [7, 11) is 0. The van der Waals surface area contributed by atoms with E-state index in [1.165, 1.54) is 0 Å². The Morgan fingerprint density at radius 1 is 1.61 bits per heavy atom. The van der Waals surface area contributed by atoms with E-state index in [1.807, 2.05) is 6.07 Å². The molecule has 1 aromatic rings. The van der Waals surface area contributed by atoms with Crippen molar-refractivity contribution in [3.63, 3.8) is 0 Å². The lowest BCUT2D eigenvalue weighted by atomic mass is 9.99. The monoisotopic (exact) mass is 269 g/mol. The maximum Gasteiger partial charge on any atom is 0.215 e. The van der Waals surface area contributed by atoms with Crippen LogP contribution in [0.4, 0.5) is 0 Å². The van der Waals surface area contributed by atoms with Crippen molar-refractivity contribution in [3.8, 4) is 5.75 Å². The van der Waals surface area contributed by atoms with Gasteiger partial charge >= 0.3 is 0 Å². The predicted octanol–water partition coefficient (Wildman–Crippen LogP) is 2.71. The quantitative estimate of drug-likeness (QED) is 0.655. The average Bonchev–Trinajstić information content (AvgIpc) is 2.37. The summed E-state index contributed by atoms with van der Waals surface area (Å²) in [6.07, 6.45) is 0.680. The van der Waals surface area contributed by atoms with Gasteiger partial charge in [-0.1, -0.05) is 11.6 Å². The summed E-state index contributed by atoms with van der Waals surface area (Å²) in [5.74, 6) is 0.457. The molecule has 5 heteroatoms. The van der Waals surface area contributed by atoms with Crippen molar-refractivity contribution in [2.75, 3.05) is 13.2 Å². The van der Waals surface area contributed by atoms with Gasteiger partial charge in [0.15, 0.2) is 6.10 Å². The molecule has 0 fully saturated rings. The second kappa shape index (κ2) is 5.59. The van der Waals surface area contributed by atoms with Gasteiger partial charge in [-0.2, -0.15) is 0 Å². The Balaban J connectivity index is 2.37. The van der Waals surface area contributed by atoms with E-state index in [2.05, 4.69) is 0 Å². The van der Waals surface area contributed by atoms with E-state index in [0.717, 1.165) is 18.4 Å². The number of hydrogen-bond donors (Lipinski definition) is 2. The molecule has 1 aromatic carbocycles. The second-order valence-corrected chi connectivity index (χ2v) is 4.57. The SMILES string of the molecule is CCOC(=N)C(O)c1cc(Cl)cc2c1OCCC2. The predicted molar refractivity (Wildman–Crippen MR) is 69.6 cm³/mol. The zero-order chi connectivity index (χ0) is 13.1. The zero-order valence-corrected chi connectivity index (χ0v) is 11.0. The molecule has 2 rings (SSSR count). The fourth-order valence-corrected chi connectivity index (χ4v) is 2.30. The Morgan fingerprint density at radius 2 is 2.39 bits per heavy atom. The first kappa shape index (κ1) is 13.2. The molecule has 1 aliphatic heterocycles. The van der Waals surface area contributed by atoms with Gasteiger partial charge in [0.25, 0.3) is 0 Å². The minimum atomic E-state index is -1.13. The highest BCUT2D eigenvalue weighted by molar-refractivity contribution is 6.30. The maximum atomic E-state index is 10.1. The van der Waals surface area contributed by atoms with E-state index in [1.54, 1.807) is 13.0 Å². The smallest absolute Gasteiger partial charge is 0.215 e. The van der Waals surface area contributed by atoms with Crippen LogP contribution in [0.5, 0.6) is 5.75 Å². The van der Waals surface area contributed by atoms with Gasteiger partial charge in [-0.05, 0) is 37.5 Å². The summed E-state index contributed by atoms with van der Waals surface area (Å²) in [6.45, 7) is 2.74. The highest BCUT2D eigenvalue weighted by Crippen LogP contribution is 2.36. The molecule has 0 aromatic heterocycles. The molecule has 0 spiro atoms. The molecule has 1 unspecified atom stereocenters. The third kappa shape index (κ3) is 2.60. The first-order chi connectivity index (χ1) is 8.63. The number of hydrogen-bond acceptors (Lipinski definition) is 4. The lowest BCUT2D eigenvalue weighted by molar-refractivity contribution is 0.183. The van der Waals surface area contributed by atoms with Gasteiger partial charge in [0.2, 0.25) is 5.90 Å². The number of nitrogens with one attached hydrogen (secondary N) is 1. The van der Waals surface area contributed by atoms with Crippen molar-refractivity contribution >= 4 is 17.5 Å². The Kier molecular flexibility index (Phi) is 4.09. The van der Waals surface area contributed by atoms with Crippen LogP contribution in [-0.2, 0) is 11.2 Å². The van der Waals surface area contributed by atoms with Crippen molar-refractivity contribution in [2.45, 2.75) is 25.9 Å². The van der Waals surface area contributed by atoms with Crippen LogP contribution in [0.25, 0.3) is 0 Å². The third-order valence-electron chi connectivity index (χ3n) is 2.84. The van der Waals surface area contributed by atoms with Gasteiger partial charge in [-0.3, -0.25) is 5.41 Å². The number of ether oxygens (including phenoxy) is 2. The Bertz CT molecular complexity index is 462. The number of aliphatic hydroxyl groups is 1. The third-order valence-corrected chi connectivity index (χ3v) is 3.06. The molecule has 4 nitrogen and oxygen atoms in total. The normalized spacial score (nSPS) is 15.5. The van der Waals surface area contributed by atoms with Gasteiger partial charge < -0.3 is 14.6 Å². The molecule has 0 saturated carbocycles. The Hall–Kier alpha value is -1.26. The molecule has 0 aliphatic carbocycles. The van der Waals surface area contributed by atoms with Gasteiger partial charge in [0, 0.05) is 10.6 Å². The van der Waals surface area contributed by atoms with Crippen molar-refractivity contribution in [3.05, 3.63) is 28.3 Å². The molecule has 0 bridgehead atoms. The summed E-state index contributed by atoms with van der Waals surface area (Å²) in [6, 6.07) is 3.47. The van der Waals surface area contributed by atoms with Crippen LogP contribution in [0.2, 0.25) is 5.02 Å². The van der Waals surface area contributed by atoms with E-state index < -0.39 is 6.10 Å². The zero-order valence-electron chi connectivity index (χ0n) is 10.2. The van der Waals surface area contributed by atoms with Crippen LogP contribution >= 0.6 is 11.6 Å². The Morgan fingerprint density at radius 3 is 3.11 bits per heavy atom. The topological polar surface area (TPSA) is 62.5 Å². The lowest BCUT2D eigenvalue weighted by Crippen LogP contribution is -2.18. The molecule has 18 heavy (non-hydrogen) atoms. The molecule has 2 N–H and O–H groups in total. The molecule has 0 radical (unpaired) electrons. The molecule has 1 heterocycles. The average molecular weight is 270 g/mol. The van der Waals surface area contributed by atoms with Crippen molar-refractivity contribution < 1.29 is 14.6 Å². The molecular formula is C13H16ClNO3. The minimum absolute atomic E-state index is 0.184. The molecular weight excluding hydrogens is 254 g/mol. The minimum Gasteiger partial charge on any atom is -0.493 e. The largest absolute Gasteiger partial charge is 0.493 e. The number of benzene rings is 1. The molecule has 1 aliphatic rings. The standard InChI is InChI=1S/C13H16ClNO3/c1-2-17-13(15)11(16)10-7-9(14)6-8-4-3-5-18-12(8)10/h6-7,11,15-16H,2-5H2,1H3. The van der Waals surface area contributed by atoms with Crippen LogP contribution in [0, 0.1) is 5.41 Å². The van der Waals surface area contributed by atoms with Crippen LogP contribution in [0.15, 0.2) is 12.1 Å². The summed E-state index contributed by atoms with van der Waals surface area (Å²) >= 11 is 6.03. The first-order valence-electron chi connectivity index (χ1n) is 5.98. The lowest BCUT2D eigenvalue weighted by Gasteiger charge is -2.23. The molecule has 0 amide bonds. The fraction of sp³-hybridized carbons (Fsp3) is 0.462. The van der Waals surface area contributed by atoms with Crippen LogP contribution in [-0.4, -0.2) is 24.2 Å². The summed E-state index contributed by atoms with van der Waals surface area (Å²) in [5.41, 5.74) is 1.49. The summed E-state index contributed by atoms with van der Waals surface area (Å²) in [4.78, 5) is 0. The second-order valence-electron chi connectivity index (χ2n) is 4.14. The van der Waals surface area contributed by atoms with Gasteiger partial charge in [0.1, 0.15) is 5.75 Å². The number of halogens is 1. The van der Waals surface area contributed by atoms with E-state index in [-0.39, 0.29) is 5.90 Å². The number of aliphatic hydroxyl groups excluding tert-OH is 1. The van der Waals surface area contributed by atoms with Crippen molar-refractivity contribution in [1.82, 2.24) is 0 Å². The number of rotatable bonds is 3. The first-order valence-corrected chi connectivity index (χ1v) is 6.35. The number of aryl methyl sites for hydroxylation is 1. The molecule has 98 valence electrons. The van der Waals surface area contributed by atoms with Gasteiger partial charge in [0.05, 0.1) is 13.2 Å². The van der Waals surface area contributed by atoms with E-state index in [4.69, 9.17) is 26.5 Å². The van der Waals surface area contributed by atoms with E-state index >= 15 is 0 Å².